The van der Waals surface area contributed by atoms with Crippen LogP contribution >= 0.6 is 0 Å². The maximum Gasteiger partial charge on any atom is 0.0368 e. The quantitative estimate of drug-likeness (QED) is 0.805. The van der Waals surface area contributed by atoms with E-state index in [4.69, 9.17) is 0 Å². The lowest BCUT2D eigenvalue weighted by Crippen LogP contribution is -2.41. The first kappa shape index (κ1) is 10.7. The molecule has 0 bridgehead atoms. The van der Waals surface area contributed by atoms with Crippen molar-refractivity contribution in [1.82, 2.24) is 9.88 Å². The van der Waals surface area contributed by atoms with Gasteiger partial charge in [-0.1, -0.05) is 20.3 Å². The summed E-state index contributed by atoms with van der Waals surface area (Å²) in [5.74, 6) is 0. The van der Waals surface area contributed by atoms with Crippen LogP contribution in [0.25, 0.3) is 0 Å². The van der Waals surface area contributed by atoms with Crippen LogP contribution in [0, 0.1) is 0 Å². The summed E-state index contributed by atoms with van der Waals surface area (Å²) in [4.78, 5) is 6.03. The van der Waals surface area contributed by atoms with Gasteiger partial charge in [0.15, 0.2) is 0 Å². The number of nitrogens with one attached hydrogen (secondary N) is 1. The fraction of sp³-hybridized carbons (Fsp3) is 0.692. The minimum atomic E-state index is 0.644. The highest BCUT2D eigenvalue weighted by Gasteiger charge is 2.30. The third kappa shape index (κ3) is 1.83. The standard InChI is InChI=1S/C13H22N2/c1-4-6-13-11-7-8-14-12(11)9-10(3)15(13)5-2/h7-8,10,13-14H,4-6,9H2,1-3H3/t10-,13+/m1/s1. The van der Waals surface area contributed by atoms with Gasteiger partial charge in [0.05, 0.1) is 0 Å². The number of fused-ring (bicyclic) bond motifs is 1. The molecule has 0 radical (unpaired) electrons. The van der Waals surface area contributed by atoms with Crippen molar-refractivity contribution in [2.75, 3.05) is 6.54 Å². The van der Waals surface area contributed by atoms with Crippen molar-refractivity contribution in [3.05, 3.63) is 23.5 Å². The predicted molar refractivity (Wildman–Crippen MR) is 64.0 cm³/mol. The summed E-state index contributed by atoms with van der Waals surface area (Å²) >= 11 is 0. The minimum Gasteiger partial charge on any atom is -0.365 e. The van der Waals surface area contributed by atoms with Gasteiger partial charge in [-0.15, -0.1) is 0 Å². The monoisotopic (exact) mass is 206 g/mol. The zero-order valence-electron chi connectivity index (χ0n) is 10.1. The van der Waals surface area contributed by atoms with E-state index in [9.17, 15) is 0 Å². The van der Waals surface area contributed by atoms with E-state index in [0.29, 0.717) is 12.1 Å². The molecule has 0 fully saturated rings. The van der Waals surface area contributed by atoms with Crippen molar-refractivity contribution in [2.45, 2.75) is 52.1 Å². The maximum atomic E-state index is 3.39. The summed E-state index contributed by atoms with van der Waals surface area (Å²) in [7, 11) is 0. The second kappa shape index (κ2) is 4.40. The van der Waals surface area contributed by atoms with Crippen molar-refractivity contribution >= 4 is 0 Å². The van der Waals surface area contributed by atoms with Crippen molar-refractivity contribution in [2.24, 2.45) is 0 Å². The molecular weight excluding hydrogens is 184 g/mol. The number of likely N-dealkylation sites (N-methyl/N-ethyl adjacent to an activating group) is 1. The van der Waals surface area contributed by atoms with Crippen LogP contribution < -0.4 is 0 Å². The maximum absolute atomic E-state index is 3.39. The Bertz CT molecular complexity index is 316. The number of H-pyrrole nitrogens is 1. The third-order valence-electron chi connectivity index (χ3n) is 3.62. The van der Waals surface area contributed by atoms with Crippen molar-refractivity contribution in [1.29, 1.82) is 0 Å². The average molecular weight is 206 g/mol. The van der Waals surface area contributed by atoms with Gasteiger partial charge in [-0.3, -0.25) is 4.90 Å². The molecule has 0 aliphatic carbocycles. The minimum absolute atomic E-state index is 0.644. The Morgan fingerprint density at radius 2 is 2.27 bits per heavy atom. The van der Waals surface area contributed by atoms with E-state index in [1.165, 1.54) is 30.5 Å². The zero-order chi connectivity index (χ0) is 10.8. The summed E-state index contributed by atoms with van der Waals surface area (Å²) < 4.78 is 0. The highest BCUT2D eigenvalue weighted by Crippen LogP contribution is 2.35. The fourth-order valence-corrected chi connectivity index (χ4v) is 2.93. The molecule has 1 aromatic heterocycles. The van der Waals surface area contributed by atoms with Crippen LogP contribution in [0.3, 0.4) is 0 Å². The first-order chi connectivity index (χ1) is 7.27. The largest absolute Gasteiger partial charge is 0.365 e. The molecule has 2 heteroatoms. The van der Waals surface area contributed by atoms with Crippen molar-refractivity contribution < 1.29 is 0 Å². The van der Waals surface area contributed by atoms with Crippen LogP contribution in [0.15, 0.2) is 12.3 Å². The van der Waals surface area contributed by atoms with E-state index in [0.717, 1.165) is 6.54 Å². The van der Waals surface area contributed by atoms with E-state index >= 15 is 0 Å². The third-order valence-corrected chi connectivity index (χ3v) is 3.62. The molecule has 2 nitrogen and oxygen atoms in total. The Balaban J connectivity index is 2.30. The summed E-state index contributed by atoms with van der Waals surface area (Å²) in [5, 5.41) is 0. The molecule has 1 N–H and O–H groups in total. The summed E-state index contributed by atoms with van der Waals surface area (Å²) in [6, 6.07) is 3.59. The number of aromatic nitrogens is 1. The number of rotatable bonds is 3. The lowest BCUT2D eigenvalue weighted by molar-refractivity contribution is 0.127. The number of aromatic amines is 1. The first-order valence-corrected chi connectivity index (χ1v) is 6.19. The summed E-state index contributed by atoms with van der Waals surface area (Å²) in [6.45, 7) is 8.06. The van der Waals surface area contributed by atoms with E-state index in [1.807, 2.05) is 0 Å². The highest BCUT2D eigenvalue weighted by molar-refractivity contribution is 5.28. The number of hydrogen-bond acceptors (Lipinski definition) is 1. The Kier molecular flexibility index (Phi) is 3.15. The average Bonchev–Trinajstić information content (AvgIpc) is 2.66. The van der Waals surface area contributed by atoms with Gasteiger partial charge in [0.2, 0.25) is 0 Å². The van der Waals surface area contributed by atoms with E-state index in [-0.39, 0.29) is 0 Å². The molecule has 0 aromatic carbocycles. The van der Waals surface area contributed by atoms with Gasteiger partial charge in [-0.25, -0.2) is 0 Å². The summed E-state index contributed by atoms with van der Waals surface area (Å²) in [6.07, 6.45) is 5.82. The first-order valence-electron chi connectivity index (χ1n) is 6.19. The molecular formula is C13H22N2. The predicted octanol–water partition coefficient (Wildman–Crippen LogP) is 3.12. The Morgan fingerprint density at radius 1 is 1.47 bits per heavy atom. The topological polar surface area (TPSA) is 19.0 Å². The van der Waals surface area contributed by atoms with Gasteiger partial charge in [0.1, 0.15) is 0 Å². The number of nitrogens with zero attached hydrogens (tertiary/aromatic N) is 1. The van der Waals surface area contributed by atoms with Gasteiger partial charge < -0.3 is 4.98 Å². The molecule has 1 aliphatic rings. The van der Waals surface area contributed by atoms with E-state index < -0.39 is 0 Å². The highest BCUT2D eigenvalue weighted by atomic mass is 15.2. The van der Waals surface area contributed by atoms with Gasteiger partial charge in [0, 0.05) is 30.4 Å². The lowest BCUT2D eigenvalue weighted by atomic mass is 9.91. The molecule has 0 saturated heterocycles. The Hall–Kier alpha value is -0.760. The molecule has 1 aliphatic heterocycles. The molecule has 1 aromatic rings. The molecule has 0 amide bonds. The molecule has 2 atom stereocenters. The molecule has 0 saturated carbocycles. The number of hydrogen-bond donors (Lipinski definition) is 1. The fourth-order valence-electron chi connectivity index (χ4n) is 2.93. The second-order valence-corrected chi connectivity index (χ2v) is 4.60. The van der Waals surface area contributed by atoms with Crippen LogP contribution in [0.2, 0.25) is 0 Å². The van der Waals surface area contributed by atoms with Gasteiger partial charge in [0.25, 0.3) is 0 Å². The van der Waals surface area contributed by atoms with E-state index in [1.54, 1.807) is 0 Å². The van der Waals surface area contributed by atoms with Crippen LogP contribution in [0.1, 0.15) is 50.9 Å². The molecule has 0 unspecified atom stereocenters. The molecule has 84 valence electrons. The van der Waals surface area contributed by atoms with Crippen LogP contribution in [-0.2, 0) is 6.42 Å². The van der Waals surface area contributed by atoms with Crippen LogP contribution in [-0.4, -0.2) is 22.5 Å². The van der Waals surface area contributed by atoms with Crippen molar-refractivity contribution in [3.8, 4) is 0 Å². The summed E-state index contributed by atoms with van der Waals surface area (Å²) in [5.41, 5.74) is 3.00. The SMILES string of the molecule is CCC[C@H]1c2cc[nH]c2C[C@@H](C)N1CC. The van der Waals surface area contributed by atoms with E-state index in [2.05, 4.69) is 42.9 Å². The Morgan fingerprint density at radius 3 is 2.93 bits per heavy atom. The van der Waals surface area contributed by atoms with Crippen molar-refractivity contribution in [3.63, 3.8) is 0 Å². The molecule has 0 spiro atoms. The van der Waals surface area contributed by atoms with Gasteiger partial charge >= 0.3 is 0 Å². The smallest absolute Gasteiger partial charge is 0.0368 e. The second-order valence-electron chi connectivity index (χ2n) is 4.60. The molecule has 2 rings (SSSR count). The normalized spacial score (nSPS) is 26.6. The lowest BCUT2D eigenvalue weighted by Gasteiger charge is -2.40. The van der Waals surface area contributed by atoms with Gasteiger partial charge in [-0.05, 0) is 31.5 Å². The zero-order valence-corrected chi connectivity index (χ0v) is 10.1. The molecule has 15 heavy (non-hydrogen) atoms. The molecule has 2 heterocycles. The van der Waals surface area contributed by atoms with Gasteiger partial charge in [-0.2, -0.15) is 0 Å². The van der Waals surface area contributed by atoms with Crippen LogP contribution in [0.4, 0.5) is 0 Å². The van der Waals surface area contributed by atoms with Crippen LogP contribution in [0.5, 0.6) is 0 Å². The Labute approximate surface area is 92.7 Å².